The quantitative estimate of drug-likeness (QED) is 0.860. The molecule has 0 aliphatic heterocycles. The van der Waals surface area contributed by atoms with Crippen LogP contribution >= 0.6 is 0 Å². The largest absolute Gasteiger partial charge is 0.506 e. The third-order valence-electron chi connectivity index (χ3n) is 2.30. The van der Waals surface area contributed by atoms with Gasteiger partial charge in [-0.3, -0.25) is 9.69 Å². The van der Waals surface area contributed by atoms with Gasteiger partial charge in [0.15, 0.2) is 0 Å². The molecular weight excluding hydrogens is 262 g/mol. The van der Waals surface area contributed by atoms with Gasteiger partial charge in [-0.1, -0.05) is 12.1 Å². The Kier molecular flexibility index (Phi) is 4.96. The van der Waals surface area contributed by atoms with Crippen molar-refractivity contribution in [1.29, 1.82) is 0 Å². The Morgan fingerprint density at radius 2 is 1.85 bits per heavy atom. The lowest BCUT2D eigenvalue weighted by atomic mass is 10.2. The van der Waals surface area contributed by atoms with Gasteiger partial charge >= 0.3 is 12.1 Å². The maximum absolute atomic E-state index is 12.1. The molecule has 0 saturated carbocycles. The number of hydrogen-bond acceptors (Lipinski definition) is 5. The van der Waals surface area contributed by atoms with Gasteiger partial charge in [0.2, 0.25) is 0 Å². The average molecular weight is 281 g/mol. The number of rotatable bonds is 3. The number of methoxy groups -OCH3 is 1. The highest BCUT2D eigenvalue weighted by Gasteiger charge is 2.27. The molecule has 1 rings (SSSR count). The van der Waals surface area contributed by atoms with Crippen LogP contribution in [0.2, 0.25) is 0 Å². The van der Waals surface area contributed by atoms with Crippen molar-refractivity contribution >= 4 is 17.7 Å². The van der Waals surface area contributed by atoms with E-state index < -0.39 is 17.7 Å². The minimum Gasteiger partial charge on any atom is -0.506 e. The van der Waals surface area contributed by atoms with E-state index in [0.717, 1.165) is 4.90 Å². The van der Waals surface area contributed by atoms with Crippen LogP contribution < -0.4 is 4.90 Å². The first kappa shape index (κ1) is 15.8. The van der Waals surface area contributed by atoms with E-state index >= 15 is 0 Å². The number of ether oxygens (including phenoxy) is 2. The highest BCUT2D eigenvalue weighted by Crippen LogP contribution is 2.27. The Hall–Kier alpha value is -2.24. The SMILES string of the molecule is COC(=O)CN(C(=O)OC(C)(C)C)c1ccccc1O. The lowest BCUT2D eigenvalue weighted by Crippen LogP contribution is -2.40. The summed E-state index contributed by atoms with van der Waals surface area (Å²) in [4.78, 5) is 24.6. The summed E-state index contributed by atoms with van der Waals surface area (Å²) >= 11 is 0. The van der Waals surface area contributed by atoms with Crippen LogP contribution in [-0.4, -0.2) is 36.4 Å². The van der Waals surface area contributed by atoms with Crippen LogP contribution in [0.1, 0.15) is 20.8 Å². The first-order chi connectivity index (χ1) is 9.24. The molecule has 0 aromatic heterocycles. The Bertz CT molecular complexity index is 493. The van der Waals surface area contributed by atoms with Gasteiger partial charge in [-0.2, -0.15) is 0 Å². The highest BCUT2D eigenvalue weighted by molar-refractivity contribution is 5.94. The fraction of sp³-hybridized carbons (Fsp3) is 0.429. The van der Waals surface area contributed by atoms with Crippen molar-refractivity contribution < 1.29 is 24.2 Å². The second-order valence-corrected chi connectivity index (χ2v) is 5.13. The second kappa shape index (κ2) is 6.27. The lowest BCUT2D eigenvalue weighted by molar-refractivity contribution is -0.139. The van der Waals surface area contributed by atoms with Crippen molar-refractivity contribution in [2.45, 2.75) is 26.4 Å². The topological polar surface area (TPSA) is 76.1 Å². The summed E-state index contributed by atoms with van der Waals surface area (Å²) in [5.41, 5.74) is -0.525. The molecule has 1 aromatic carbocycles. The van der Waals surface area contributed by atoms with Gasteiger partial charge < -0.3 is 14.6 Å². The molecule has 0 fully saturated rings. The predicted octanol–water partition coefficient (Wildman–Crippen LogP) is 2.31. The van der Waals surface area contributed by atoms with Crippen LogP contribution in [-0.2, 0) is 14.3 Å². The van der Waals surface area contributed by atoms with E-state index in [1.54, 1.807) is 32.9 Å². The van der Waals surface area contributed by atoms with E-state index in [0.29, 0.717) is 0 Å². The first-order valence-corrected chi connectivity index (χ1v) is 6.10. The number of nitrogens with zero attached hydrogens (tertiary/aromatic N) is 1. The molecule has 0 radical (unpaired) electrons. The number of esters is 1. The van der Waals surface area contributed by atoms with Crippen LogP contribution in [0.25, 0.3) is 0 Å². The molecule has 6 nitrogen and oxygen atoms in total. The van der Waals surface area contributed by atoms with Crippen LogP contribution in [0.5, 0.6) is 5.75 Å². The molecular formula is C14H19NO5. The minimum absolute atomic E-state index is 0.123. The maximum atomic E-state index is 12.1. The van der Waals surface area contributed by atoms with Crippen molar-refractivity contribution in [3.63, 3.8) is 0 Å². The molecule has 20 heavy (non-hydrogen) atoms. The number of benzene rings is 1. The van der Waals surface area contributed by atoms with E-state index in [4.69, 9.17) is 4.74 Å². The zero-order valence-corrected chi connectivity index (χ0v) is 12.0. The summed E-state index contributed by atoms with van der Waals surface area (Å²) in [5.74, 6) is -0.735. The summed E-state index contributed by atoms with van der Waals surface area (Å²) in [6.07, 6.45) is -0.732. The van der Waals surface area contributed by atoms with E-state index in [2.05, 4.69) is 4.74 Å². The molecule has 110 valence electrons. The van der Waals surface area contributed by atoms with Gasteiger partial charge in [0.1, 0.15) is 17.9 Å². The third-order valence-corrected chi connectivity index (χ3v) is 2.30. The number of phenols is 1. The number of aromatic hydroxyl groups is 1. The molecule has 0 heterocycles. The standard InChI is InChI=1S/C14H19NO5/c1-14(2,3)20-13(18)15(9-12(17)19-4)10-7-5-6-8-11(10)16/h5-8,16H,9H2,1-4H3. The smallest absolute Gasteiger partial charge is 0.415 e. The molecule has 0 saturated heterocycles. The molecule has 1 aromatic rings. The van der Waals surface area contributed by atoms with Gasteiger partial charge in [-0.05, 0) is 32.9 Å². The summed E-state index contributed by atoms with van der Waals surface area (Å²) < 4.78 is 9.78. The maximum Gasteiger partial charge on any atom is 0.415 e. The van der Waals surface area contributed by atoms with Gasteiger partial charge in [0, 0.05) is 0 Å². The second-order valence-electron chi connectivity index (χ2n) is 5.13. The summed E-state index contributed by atoms with van der Waals surface area (Å²) in [6, 6.07) is 6.19. The zero-order valence-electron chi connectivity index (χ0n) is 12.0. The van der Waals surface area contributed by atoms with Gasteiger partial charge in [-0.25, -0.2) is 4.79 Å². The zero-order chi connectivity index (χ0) is 15.3. The molecule has 6 heteroatoms. The normalized spacial score (nSPS) is 10.8. The van der Waals surface area contributed by atoms with E-state index in [-0.39, 0.29) is 18.0 Å². The fourth-order valence-corrected chi connectivity index (χ4v) is 1.45. The minimum atomic E-state index is -0.732. The monoisotopic (exact) mass is 281 g/mol. The molecule has 1 N–H and O–H groups in total. The van der Waals surface area contributed by atoms with E-state index in [1.807, 2.05) is 0 Å². The lowest BCUT2D eigenvalue weighted by Gasteiger charge is -2.27. The van der Waals surface area contributed by atoms with Crippen molar-refractivity contribution in [3.8, 4) is 5.75 Å². The molecule has 0 aliphatic carbocycles. The van der Waals surface area contributed by atoms with E-state index in [9.17, 15) is 14.7 Å². The van der Waals surface area contributed by atoms with Crippen molar-refractivity contribution in [2.75, 3.05) is 18.6 Å². The van der Waals surface area contributed by atoms with Crippen LogP contribution in [0.4, 0.5) is 10.5 Å². The van der Waals surface area contributed by atoms with Crippen molar-refractivity contribution in [2.24, 2.45) is 0 Å². The van der Waals surface area contributed by atoms with Gasteiger partial charge in [0.05, 0.1) is 12.8 Å². The Labute approximate surface area is 117 Å². The molecule has 0 spiro atoms. The van der Waals surface area contributed by atoms with Gasteiger partial charge in [-0.15, -0.1) is 0 Å². The molecule has 0 atom stereocenters. The first-order valence-electron chi connectivity index (χ1n) is 6.10. The number of phenolic OH excluding ortho intramolecular Hbond substituents is 1. The summed E-state index contributed by atoms with van der Waals surface area (Å²) in [5, 5.41) is 9.81. The fourth-order valence-electron chi connectivity index (χ4n) is 1.45. The number of anilines is 1. The summed E-state index contributed by atoms with van der Waals surface area (Å²) in [7, 11) is 1.22. The number of hydrogen-bond donors (Lipinski definition) is 1. The van der Waals surface area contributed by atoms with E-state index in [1.165, 1.54) is 19.2 Å². The molecule has 0 bridgehead atoms. The van der Waals surface area contributed by atoms with Crippen molar-refractivity contribution in [3.05, 3.63) is 24.3 Å². The summed E-state index contributed by atoms with van der Waals surface area (Å²) in [6.45, 7) is 4.80. The number of carbonyl (C=O) groups excluding carboxylic acids is 2. The van der Waals surface area contributed by atoms with Crippen LogP contribution in [0, 0.1) is 0 Å². The number of amides is 1. The number of carbonyl (C=O) groups is 2. The van der Waals surface area contributed by atoms with Crippen LogP contribution in [0.15, 0.2) is 24.3 Å². The highest BCUT2D eigenvalue weighted by atomic mass is 16.6. The van der Waals surface area contributed by atoms with Crippen molar-refractivity contribution in [1.82, 2.24) is 0 Å². The third kappa shape index (κ3) is 4.46. The Balaban J connectivity index is 3.06. The van der Waals surface area contributed by atoms with Gasteiger partial charge in [0.25, 0.3) is 0 Å². The molecule has 0 unspecified atom stereocenters. The average Bonchev–Trinajstić information content (AvgIpc) is 2.34. The molecule has 1 amide bonds. The molecule has 0 aliphatic rings. The Morgan fingerprint density at radius 3 is 2.35 bits per heavy atom. The number of para-hydroxylation sites is 2. The van der Waals surface area contributed by atoms with Crippen LogP contribution in [0.3, 0.4) is 0 Å². The predicted molar refractivity (Wildman–Crippen MR) is 73.7 cm³/mol. The Morgan fingerprint density at radius 1 is 1.25 bits per heavy atom.